The van der Waals surface area contributed by atoms with E-state index in [2.05, 4.69) is 17.6 Å². The van der Waals surface area contributed by atoms with Gasteiger partial charge in [-0.2, -0.15) is 11.8 Å². The van der Waals surface area contributed by atoms with Gasteiger partial charge in [0, 0.05) is 5.75 Å². The van der Waals surface area contributed by atoms with Gasteiger partial charge in [0.15, 0.2) is 0 Å². The molecule has 0 bridgehead atoms. The molecule has 0 aliphatic heterocycles. The quantitative estimate of drug-likeness (QED) is 0.0645. The molecule has 280 valence electrons. The second-order valence-electron chi connectivity index (χ2n) is 13.9. The second-order valence-corrected chi connectivity index (χ2v) is 15.1. The van der Waals surface area contributed by atoms with Crippen LogP contribution in [-0.2, 0) is 32.3 Å². The van der Waals surface area contributed by atoms with Crippen molar-refractivity contribution in [2.24, 2.45) is 5.92 Å². The van der Waals surface area contributed by atoms with Crippen molar-refractivity contribution in [1.29, 1.82) is 0 Å². The first kappa shape index (κ1) is 43.2. The molecule has 50 heavy (non-hydrogen) atoms. The Balaban J connectivity index is 1.74. The summed E-state index contributed by atoms with van der Waals surface area (Å²) in [4.78, 5) is 39.4. The average molecular weight is 711 g/mol. The molecule has 0 fully saturated rings. The molecule has 2 N–H and O–H groups in total. The number of thioether (sulfide) groups is 1. The summed E-state index contributed by atoms with van der Waals surface area (Å²) in [6.07, 6.45) is 21.0. The van der Waals surface area contributed by atoms with Gasteiger partial charge in [0.05, 0.1) is 0 Å². The summed E-state index contributed by atoms with van der Waals surface area (Å²) in [6.45, 7) is 6.50. The predicted molar refractivity (Wildman–Crippen MR) is 208 cm³/mol. The monoisotopic (exact) mass is 710 g/mol. The molecular weight excluding hydrogens is 645 g/mol. The maximum Gasteiger partial charge on any atom is 0.408 e. The lowest BCUT2D eigenvalue weighted by Crippen LogP contribution is -2.53. The molecular formula is C42H66N2O5S. The number of benzene rings is 2. The van der Waals surface area contributed by atoms with Gasteiger partial charge in [-0.1, -0.05) is 178 Å². The summed E-state index contributed by atoms with van der Waals surface area (Å²) in [7, 11) is 0. The first-order chi connectivity index (χ1) is 24.4. The van der Waals surface area contributed by atoms with E-state index in [1.54, 1.807) is 11.8 Å². The molecule has 2 aromatic carbocycles. The van der Waals surface area contributed by atoms with Crippen LogP contribution in [0.15, 0.2) is 60.7 Å². The number of nitrogens with one attached hydrogen (secondary N) is 2. The van der Waals surface area contributed by atoms with Gasteiger partial charge in [-0.15, -0.1) is 0 Å². The van der Waals surface area contributed by atoms with Gasteiger partial charge in [-0.3, -0.25) is 4.79 Å². The van der Waals surface area contributed by atoms with Crippen LogP contribution in [0.3, 0.4) is 0 Å². The van der Waals surface area contributed by atoms with Gasteiger partial charge in [-0.05, 0) is 35.6 Å². The van der Waals surface area contributed by atoms with Crippen molar-refractivity contribution >= 4 is 29.7 Å². The number of alkyl carbamates (subject to hydrolysis) is 1. The van der Waals surface area contributed by atoms with Crippen LogP contribution < -0.4 is 10.6 Å². The van der Waals surface area contributed by atoms with Crippen molar-refractivity contribution in [2.75, 3.05) is 11.5 Å². The highest BCUT2D eigenvalue weighted by atomic mass is 32.2. The lowest BCUT2D eigenvalue weighted by Gasteiger charge is -2.23. The van der Waals surface area contributed by atoms with Crippen molar-refractivity contribution in [2.45, 2.75) is 155 Å². The third-order valence-electron chi connectivity index (χ3n) is 8.78. The maximum absolute atomic E-state index is 13.5. The number of ether oxygens (including phenoxy) is 2. The van der Waals surface area contributed by atoms with E-state index >= 15 is 0 Å². The van der Waals surface area contributed by atoms with Crippen LogP contribution in [0.2, 0.25) is 0 Å². The van der Waals surface area contributed by atoms with Crippen molar-refractivity contribution in [1.82, 2.24) is 10.6 Å². The predicted octanol–water partition coefficient (Wildman–Crippen LogP) is 10.6. The zero-order valence-corrected chi connectivity index (χ0v) is 32.1. The Bertz CT molecular complexity index is 1150. The summed E-state index contributed by atoms with van der Waals surface area (Å²) in [6, 6.07) is 17.2. The molecule has 2 atom stereocenters. The number of carbonyl (C=O) groups is 3. The van der Waals surface area contributed by atoms with Crippen LogP contribution in [0.25, 0.3) is 0 Å². The summed E-state index contributed by atoms with van der Waals surface area (Å²) < 4.78 is 11.0. The lowest BCUT2D eigenvalue weighted by molar-refractivity contribution is -0.149. The van der Waals surface area contributed by atoms with Gasteiger partial charge in [-0.25, -0.2) is 9.59 Å². The minimum Gasteiger partial charge on any atom is -0.459 e. The highest BCUT2D eigenvalue weighted by Crippen LogP contribution is 2.16. The van der Waals surface area contributed by atoms with Crippen molar-refractivity contribution < 1.29 is 23.9 Å². The van der Waals surface area contributed by atoms with E-state index in [1.807, 2.05) is 74.5 Å². The summed E-state index contributed by atoms with van der Waals surface area (Å²) in [5.41, 5.74) is 1.74. The van der Waals surface area contributed by atoms with Gasteiger partial charge < -0.3 is 20.1 Å². The highest BCUT2D eigenvalue weighted by molar-refractivity contribution is 7.99. The topological polar surface area (TPSA) is 93.7 Å². The van der Waals surface area contributed by atoms with Crippen molar-refractivity contribution in [3.8, 4) is 0 Å². The van der Waals surface area contributed by atoms with Crippen molar-refractivity contribution in [3.63, 3.8) is 0 Å². The number of hydrogen-bond acceptors (Lipinski definition) is 6. The van der Waals surface area contributed by atoms with E-state index in [9.17, 15) is 14.4 Å². The van der Waals surface area contributed by atoms with Crippen LogP contribution >= 0.6 is 11.8 Å². The summed E-state index contributed by atoms with van der Waals surface area (Å²) in [5, 5.41) is 5.63. The van der Waals surface area contributed by atoms with Crippen LogP contribution in [0.4, 0.5) is 4.79 Å². The smallest absolute Gasteiger partial charge is 0.408 e. The van der Waals surface area contributed by atoms with Crippen LogP contribution in [-0.4, -0.2) is 41.6 Å². The summed E-state index contributed by atoms with van der Waals surface area (Å²) in [5.74, 6) is 0.539. The fraction of sp³-hybridized carbons (Fsp3) is 0.643. The molecule has 0 unspecified atom stereocenters. The Morgan fingerprint density at radius 2 is 1.06 bits per heavy atom. The van der Waals surface area contributed by atoms with Crippen LogP contribution in [0.1, 0.15) is 141 Å². The third kappa shape index (κ3) is 22.0. The molecule has 8 heteroatoms. The Labute approximate surface area is 307 Å². The number of esters is 1. The number of unbranched alkanes of at least 4 members (excludes halogenated alkanes) is 15. The van der Waals surface area contributed by atoms with Gasteiger partial charge in [0.25, 0.3) is 0 Å². The fourth-order valence-corrected chi connectivity index (χ4v) is 6.88. The zero-order chi connectivity index (χ0) is 36.1. The molecule has 2 rings (SSSR count). The van der Waals surface area contributed by atoms with E-state index in [0.717, 1.165) is 29.7 Å². The zero-order valence-electron chi connectivity index (χ0n) is 31.3. The third-order valence-corrected chi connectivity index (χ3v) is 9.93. The number of carbonyl (C=O) groups excluding carboxylic acids is 3. The molecule has 0 saturated carbocycles. The van der Waals surface area contributed by atoms with E-state index in [-0.39, 0.29) is 19.1 Å². The summed E-state index contributed by atoms with van der Waals surface area (Å²) >= 11 is 1.64. The fourth-order valence-electron chi connectivity index (χ4n) is 5.83. The lowest BCUT2D eigenvalue weighted by atomic mass is 10.0. The van der Waals surface area contributed by atoms with E-state index in [0.29, 0.717) is 12.2 Å². The molecule has 0 radical (unpaired) electrons. The maximum atomic E-state index is 13.5. The van der Waals surface area contributed by atoms with Gasteiger partial charge in [0.2, 0.25) is 5.91 Å². The second kappa shape index (κ2) is 28.7. The molecule has 2 aromatic rings. The minimum atomic E-state index is -0.846. The molecule has 0 aliphatic carbocycles. The standard InChI is InChI=1S/C42H66N2O5S/c1-4-5-6-7-8-9-10-11-12-13-14-15-16-17-18-25-30-50-34-39(44-42(47)49-33-37-28-23-20-24-29-37)40(45)43-38(31-35(2)3)41(46)48-32-36-26-21-19-22-27-36/h19-24,26-29,35,38-39H,4-18,25,30-34H2,1-3H3,(H,43,45)(H,44,47)/t38-,39+/m0/s1. The molecule has 0 heterocycles. The molecule has 2 amide bonds. The van der Waals surface area contributed by atoms with E-state index in [4.69, 9.17) is 9.47 Å². The average Bonchev–Trinajstić information content (AvgIpc) is 3.12. The SMILES string of the molecule is CCCCCCCCCCCCCCCCCCSC[C@@H](NC(=O)OCc1ccccc1)C(=O)N[C@@H](CC(C)C)C(=O)OCc1ccccc1. The van der Waals surface area contributed by atoms with Gasteiger partial charge >= 0.3 is 12.1 Å². The number of amides is 2. The molecule has 7 nitrogen and oxygen atoms in total. The highest BCUT2D eigenvalue weighted by Gasteiger charge is 2.29. The van der Waals surface area contributed by atoms with E-state index < -0.39 is 30.1 Å². The normalized spacial score (nSPS) is 12.3. The Morgan fingerprint density at radius 1 is 0.600 bits per heavy atom. The van der Waals surface area contributed by atoms with Gasteiger partial charge in [0.1, 0.15) is 25.3 Å². The van der Waals surface area contributed by atoms with Crippen molar-refractivity contribution in [3.05, 3.63) is 71.8 Å². The first-order valence-corrected chi connectivity index (χ1v) is 20.6. The Hall–Kier alpha value is -3.00. The Morgan fingerprint density at radius 3 is 1.54 bits per heavy atom. The molecule has 0 saturated heterocycles. The minimum absolute atomic E-state index is 0.106. The molecule has 0 aromatic heterocycles. The van der Waals surface area contributed by atoms with Crippen LogP contribution in [0, 0.1) is 5.92 Å². The molecule has 0 spiro atoms. The van der Waals surface area contributed by atoms with Crippen LogP contribution in [0.5, 0.6) is 0 Å². The molecule has 0 aliphatic rings. The Kier molecular flexibility index (Phi) is 24.8. The largest absolute Gasteiger partial charge is 0.459 e. The number of rotatable bonds is 29. The number of hydrogen-bond donors (Lipinski definition) is 2. The first-order valence-electron chi connectivity index (χ1n) is 19.4. The van der Waals surface area contributed by atoms with E-state index in [1.165, 1.54) is 89.9 Å².